The minimum absolute atomic E-state index is 0.0433. The van der Waals surface area contributed by atoms with Gasteiger partial charge in [-0.15, -0.1) is 0 Å². The van der Waals surface area contributed by atoms with E-state index in [-0.39, 0.29) is 24.5 Å². The number of primary amides is 1. The molecule has 4 heteroatoms. The van der Waals surface area contributed by atoms with E-state index < -0.39 is 0 Å². The third-order valence-corrected chi connectivity index (χ3v) is 4.49. The second kappa shape index (κ2) is 7.05. The van der Waals surface area contributed by atoms with Crippen LogP contribution in [0.2, 0.25) is 0 Å². The Hall–Kier alpha value is -1.39. The Morgan fingerprint density at radius 3 is 2.48 bits per heavy atom. The Labute approximate surface area is 127 Å². The summed E-state index contributed by atoms with van der Waals surface area (Å²) in [7, 11) is 0. The van der Waals surface area contributed by atoms with Crippen LogP contribution in [0.4, 0.5) is 0 Å². The summed E-state index contributed by atoms with van der Waals surface area (Å²) in [5, 5.41) is 0. The first-order valence-electron chi connectivity index (χ1n) is 7.86. The molecular formula is C17H27N3O. The maximum Gasteiger partial charge on any atom is 0.231 e. The van der Waals surface area contributed by atoms with E-state index >= 15 is 0 Å². The van der Waals surface area contributed by atoms with Crippen LogP contribution in [-0.4, -0.2) is 29.4 Å². The van der Waals surface area contributed by atoms with Gasteiger partial charge in [0.2, 0.25) is 5.91 Å². The second-order valence-electron chi connectivity index (χ2n) is 6.24. The summed E-state index contributed by atoms with van der Waals surface area (Å²) in [5.41, 5.74) is 14.2. The summed E-state index contributed by atoms with van der Waals surface area (Å²) in [6, 6.07) is 8.69. The number of nitrogens with two attached hydrogens (primary N) is 2. The van der Waals surface area contributed by atoms with Crippen LogP contribution in [0.3, 0.4) is 0 Å². The predicted molar refractivity (Wildman–Crippen MR) is 85.7 cm³/mol. The number of hydrogen-bond acceptors (Lipinski definition) is 3. The lowest BCUT2D eigenvalue weighted by molar-refractivity contribution is -0.120. The maximum absolute atomic E-state index is 11.5. The molecule has 1 aliphatic rings. The summed E-state index contributed by atoms with van der Waals surface area (Å²) in [4.78, 5) is 13.8. The topological polar surface area (TPSA) is 72.3 Å². The van der Waals surface area contributed by atoms with Crippen LogP contribution in [-0.2, 0) is 4.79 Å². The Bertz CT molecular complexity index is 481. The Morgan fingerprint density at radius 1 is 1.33 bits per heavy atom. The van der Waals surface area contributed by atoms with E-state index in [4.69, 9.17) is 11.5 Å². The average molecular weight is 289 g/mol. The molecule has 1 aromatic rings. The molecule has 0 radical (unpaired) electrons. The van der Waals surface area contributed by atoms with Crippen molar-refractivity contribution in [2.24, 2.45) is 11.5 Å². The Morgan fingerprint density at radius 2 is 1.95 bits per heavy atom. The molecule has 0 aromatic heterocycles. The van der Waals surface area contributed by atoms with Gasteiger partial charge in [-0.2, -0.15) is 0 Å². The average Bonchev–Trinajstić information content (AvgIpc) is 2.93. The number of carbonyl (C=O) groups is 1. The predicted octanol–water partition coefficient (Wildman–Crippen LogP) is 2.11. The summed E-state index contributed by atoms with van der Waals surface area (Å²) in [6.07, 6.45) is 4.70. The van der Waals surface area contributed by atoms with Gasteiger partial charge in [-0.25, -0.2) is 0 Å². The fourth-order valence-corrected chi connectivity index (χ4v) is 3.55. The van der Waals surface area contributed by atoms with Gasteiger partial charge in [-0.3, -0.25) is 9.69 Å². The lowest BCUT2D eigenvalue weighted by atomic mass is 9.93. The third kappa shape index (κ3) is 3.83. The monoisotopic (exact) mass is 289 g/mol. The highest BCUT2D eigenvalue weighted by molar-refractivity contribution is 5.76. The van der Waals surface area contributed by atoms with Gasteiger partial charge in [-0.1, -0.05) is 37.1 Å². The van der Waals surface area contributed by atoms with Gasteiger partial charge >= 0.3 is 0 Å². The van der Waals surface area contributed by atoms with E-state index in [0.29, 0.717) is 6.04 Å². The minimum Gasteiger partial charge on any atom is -0.369 e. The Kier molecular flexibility index (Phi) is 5.37. The van der Waals surface area contributed by atoms with Gasteiger partial charge in [0.05, 0.1) is 12.6 Å². The molecular weight excluding hydrogens is 262 g/mol. The molecule has 1 amide bonds. The molecule has 4 nitrogen and oxygen atoms in total. The van der Waals surface area contributed by atoms with Gasteiger partial charge in [0.15, 0.2) is 0 Å². The third-order valence-electron chi connectivity index (χ3n) is 4.49. The zero-order valence-electron chi connectivity index (χ0n) is 13.1. The molecule has 116 valence electrons. The first-order valence-corrected chi connectivity index (χ1v) is 7.86. The molecule has 2 rings (SSSR count). The second-order valence-corrected chi connectivity index (χ2v) is 6.24. The van der Waals surface area contributed by atoms with Crippen LogP contribution in [0, 0.1) is 6.92 Å². The normalized spacial score (nSPS) is 18.9. The van der Waals surface area contributed by atoms with Gasteiger partial charge in [0, 0.05) is 12.1 Å². The number of benzene rings is 1. The van der Waals surface area contributed by atoms with Crippen LogP contribution in [0.5, 0.6) is 0 Å². The molecule has 1 fully saturated rings. The summed E-state index contributed by atoms with van der Waals surface area (Å²) >= 11 is 0. The van der Waals surface area contributed by atoms with Gasteiger partial charge in [0.25, 0.3) is 0 Å². The van der Waals surface area contributed by atoms with Crippen LogP contribution < -0.4 is 11.5 Å². The van der Waals surface area contributed by atoms with E-state index in [1.807, 2.05) is 19.1 Å². The van der Waals surface area contributed by atoms with Crippen molar-refractivity contribution in [3.05, 3.63) is 35.4 Å². The zero-order chi connectivity index (χ0) is 15.4. The van der Waals surface area contributed by atoms with E-state index in [9.17, 15) is 4.79 Å². The van der Waals surface area contributed by atoms with Crippen molar-refractivity contribution in [3.8, 4) is 0 Å². The first kappa shape index (κ1) is 16.0. The van der Waals surface area contributed by atoms with Gasteiger partial charge < -0.3 is 11.5 Å². The highest BCUT2D eigenvalue weighted by Crippen LogP contribution is 2.33. The van der Waals surface area contributed by atoms with Gasteiger partial charge in [-0.05, 0) is 37.8 Å². The number of carbonyl (C=O) groups excluding carboxylic acids is 1. The number of nitrogens with zero attached hydrogens (tertiary/aromatic N) is 1. The van der Waals surface area contributed by atoms with E-state index in [1.54, 1.807) is 0 Å². The van der Waals surface area contributed by atoms with Crippen molar-refractivity contribution in [1.29, 1.82) is 0 Å². The van der Waals surface area contributed by atoms with Gasteiger partial charge in [0.1, 0.15) is 0 Å². The molecule has 0 heterocycles. The molecule has 0 bridgehead atoms. The number of rotatable bonds is 6. The summed E-state index contributed by atoms with van der Waals surface area (Å²) < 4.78 is 0. The van der Waals surface area contributed by atoms with Crippen LogP contribution in [0.1, 0.15) is 49.8 Å². The largest absolute Gasteiger partial charge is 0.369 e. The van der Waals surface area contributed by atoms with Crippen molar-refractivity contribution >= 4 is 5.91 Å². The molecule has 0 aliphatic heterocycles. The molecule has 2 atom stereocenters. The van der Waals surface area contributed by atoms with Crippen LogP contribution >= 0.6 is 0 Å². The lowest BCUT2D eigenvalue weighted by Gasteiger charge is -2.38. The maximum atomic E-state index is 11.5. The van der Waals surface area contributed by atoms with Crippen molar-refractivity contribution < 1.29 is 4.79 Å². The molecule has 0 saturated heterocycles. The first-order chi connectivity index (χ1) is 10.0. The van der Waals surface area contributed by atoms with Crippen molar-refractivity contribution in [2.45, 2.75) is 57.7 Å². The highest BCUT2D eigenvalue weighted by Gasteiger charge is 2.33. The highest BCUT2D eigenvalue weighted by atomic mass is 16.1. The van der Waals surface area contributed by atoms with E-state index in [1.165, 1.54) is 24.0 Å². The minimum atomic E-state index is -0.277. The molecule has 0 spiro atoms. The molecule has 21 heavy (non-hydrogen) atoms. The quantitative estimate of drug-likeness (QED) is 0.842. The SMILES string of the molecule is Cc1ccccc1C(C(C)N)N(CC(N)=O)C1CCCC1. The Balaban J connectivity index is 2.36. The fraction of sp³-hybridized carbons (Fsp3) is 0.588. The molecule has 1 saturated carbocycles. The molecule has 1 aliphatic carbocycles. The van der Waals surface area contributed by atoms with Crippen LogP contribution in [0.25, 0.3) is 0 Å². The van der Waals surface area contributed by atoms with Crippen molar-refractivity contribution in [2.75, 3.05) is 6.54 Å². The number of hydrogen-bond donors (Lipinski definition) is 2. The van der Waals surface area contributed by atoms with Crippen molar-refractivity contribution in [3.63, 3.8) is 0 Å². The van der Waals surface area contributed by atoms with E-state index in [2.05, 4.69) is 24.0 Å². The van der Waals surface area contributed by atoms with Crippen molar-refractivity contribution in [1.82, 2.24) is 4.90 Å². The number of amides is 1. The van der Waals surface area contributed by atoms with E-state index in [0.717, 1.165) is 12.8 Å². The smallest absolute Gasteiger partial charge is 0.231 e. The summed E-state index contributed by atoms with van der Waals surface area (Å²) in [5.74, 6) is -0.277. The fourth-order valence-electron chi connectivity index (χ4n) is 3.55. The molecule has 2 unspecified atom stereocenters. The van der Waals surface area contributed by atoms with Crippen LogP contribution in [0.15, 0.2) is 24.3 Å². The summed E-state index contributed by atoms with van der Waals surface area (Å²) in [6.45, 7) is 4.40. The zero-order valence-corrected chi connectivity index (χ0v) is 13.1. The standard InChI is InChI=1S/C17H27N3O/c1-12-7-3-6-10-15(12)17(13(2)18)20(11-16(19)21)14-8-4-5-9-14/h3,6-7,10,13-14,17H,4-5,8-9,11,18H2,1-2H3,(H2,19,21). The molecule has 4 N–H and O–H groups in total. The number of aryl methyl sites for hydroxylation is 1. The lowest BCUT2D eigenvalue weighted by Crippen LogP contribution is -2.48. The molecule has 1 aromatic carbocycles.